The first kappa shape index (κ1) is 19.9. The molecule has 0 bridgehead atoms. The summed E-state index contributed by atoms with van der Waals surface area (Å²) in [6.45, 7) is -0.913. The molecule has 1 aliphatic heterocycles. The van der Waals surface area contributed by atoms with Crippen molar-refractivity contribution < 1.29 is 47.3 Å². The zero-order chi connectivity index (χ0) is 20.0. The number of nitrogens with two attached hydrogens (primary N) is 1. The predicted octanol–water partition coefficient (Wildman–Crippen LogP) is -1.54. The molecule has 1 fully saturated rings. The number of aliphatic hydroxyl groups excluding tert-OH is 1. The first-order valence-electron chi connectivity index (χ1n) is 7.03. The number of phosphoric acid groups is 2. The molecule has 4 atom stereocenters. The number of nitrogens with zero attached hydrogens (tertiary/aromatic N) is 4. The summed E-state index contributed by atoms with van der Waals surface area (Å²) >= 11 is 0. The van der Waals surface area contributed by atoms with Gasteiger partial charge in [0.1, 0.15) is 17.9 Å². The van der Waals surface area contributed by atoms with Crippen molar-refractivity contribution in [3.8, 4) is 0 Å². The summed E-state index contributed by atoms with van der Waals surface area (Å²) in [7, 11) is -10.5. The summed E-state index contributed by atoms with van der Waals surface area (Å²) in [5.41, 5.74) is 6.02. The van der Waals surface area contributed by atoms with E-state index in [1.54, 1.807) is 0 Å². The molecule has 17 heteroatoms. The number of hydrogen-bond donors (Lipinski definition) is 5. The van der Waals surface area contributed by atoms with Crippen LogP contribution in [0.1, 0.15) is 6.23 Å². The molecule has 0 radical (unpaired) electrons. The normalized spacial score (nSPS) is 25.8. The second-order valence-corrected chi connectivity index (χ2v) is 8.11. The number of hydrogen-bond acceptors (Lipinski definition) is 11. The lowest BCUT2D eigenvalue weighted by Crippen LogP contribution is -2.28. The van der Waals surface area contributed by atoms with E-state index in [4.69, 9.17) is 20.3 Å². The minimum absolute atomic E-state index is 0.0632. The van der Waals surface area contributed by atoms with Crippen LogP contribution in [0.4, 0.5) is 5.82 Å². The molecule has 148 valence electrons. The van der Waals surface area contributed by atoms with Crippen LogP contribution in [-0.4, -0.2) is 63.9 Å². The second-order valence-electron chi connectivity index (χ2n) is 5.28. The number of carbonyl (C=O) groups excluding carboxylic acids is 1. The molecule has 2 aromatic heterocycles. The quantitative estimate of drug-likeness (QED) is 0.330. The van der Waals surface area contributed by atoms with E-state index in [9.17, 15) is 23.9 Å². The average molecular weight is 425 g/mol. The van der Waals surface area contributed by atoms with Crippen LogP contribution >= 0.6 is 15.6 Å². The Kier molecular flexibility index (Phi) is 5.16. The molecule has 0 aliphatic carbocycles. The SMILES string of the molecule is Nc1ncnc2c1ncn2[C@@H]1O[C@H](COP(=O)(O)OP(=O)(O)O)C(=O)[C@@H]1O. The summed E-state index contributed by atoms with van der Waals surface area (Å²) in [4.78, 5) is 50.1. The fourth-order valence-electron chi connectivity index (χ4n) is 2.36. The van der Waals surface area contributed by atoms with Crippen LogP contribution in [0.2, 0.25) is 0 Å². The Hall–Kier alpha value is -1.80. The molecule has 3 heterocycles. The average Bonchev–Trinajstić information content (AvgIpc) is 3.07. The molecule has 6 N–H and O–H groups in total. The third-order valence-electron chi connectivity index (χ3n) is 3.44. The predicted molar refractivity (Wildman–Crippen MR) is 83.6 cm³/mol. The summed E-state index contributed by atoms with van der Waals surface area (Å²) in [5.74, 6) is -0.840. The Morgan fingerprint density at radius 3 is 2.63 bits per heavy atom. The number of ether oxygens (including phenoxy) is 1. The largest absolute Gasteiger partial charge is 0.481 e. The van der Waals surface area contributed by atoms with E-state index in [-0.39, 0.29) is 17.0 Å². The van der Waals surface area contributed by atoms with Crippen molar-refractivity contribution in [1.82, 2.24) is 19.5 Å². The highest BCUT2D eigenvalue weighted by Gasteiger charge is 2.45. The van der Waals surface area contributed by atoms with E-state index in [1.165, 1.54) is 10.9 Å². The maximum absolute atomic E-state index is 12.1. The lowest BCUT2D eigenvalue weighted by molar-refractivity contribution is -0.128. The van der Waals surface area contributed by atoms with Gasteiger partial charge in [0, 0.05) is 0 Å². The van der Waals surface area contributed by atoms with Gasteiger partial charge in [0.15, 0.2) is 29.6 Å². The maximum Gasteiger partial charge on any atom is 0.481 e. The monoisotopic (exact) mass is 425 g/mol. The Morgan fingerprint density at radius 1 is 1.26 bits per heavy atom. The van der Waals surface area contributed by atoms with Crippen molar-refractivity contribution in [3.05, 3.63) is 12.7 Å². The lowest BCUT2D eigenvalue weighted by Gasteiger charge is -2.16. The molecule has 3 rings (SSSR count). The van der Waals surface area contributed by atoms with E-state index >= 15 is 0 Å². The Morgan fingerprint density at radius 2 is 1.96 bits per heavy atom. The van der Waals surface area contributed by atoms with Crippen molar-refractivity contribution in [2.75, 3.05) is 12.3 Å². The van der Waals surface area contributed by atoms with E-state index in [0.717, 1.165) is 6.33 Å². The minimum Gasteiger partial charge on any atom is -0.382 e. The van der Waals surface area contributed by atoms with Gasteiger partial charge in [-0.05, 0) is 0 Å². The number of imidazole rings is 1. The maximum atomic E-state index is 12.1. The molecule has 0 amide bonds. The Balaban J connectivity index is 1.76. The van der Waals surface area contributed by atoms with Gasteiger partial charge < -0.3 is 30.3 Å². The number of nitrogen functional groups attached to an aromatic ring is 1. The van der Waals surface area contributed by atoms with Crippen LogP contribution in [-0.2, 0) is 27.5 Å². The third kappa shape index (κ3) is 4.21. The number of rotatable bonds is 6. The van der Waals surface area contributed by atoms with Gasteiger partial charge in [0.2, 0.25) is 0 Å². The van der Waals surface area contributed by atoms with Crippen LogP contribution in [0.5, 0.6) is 0 Å². The molecule has 0 spiro atoms. The van der Waals surface area contributed by atoms with Crippen LogP contribution in [0, 0.1) is 0 Å². The van der Waals surface area contributed by atoms with E-state index in [2.05, 4.69) is 23.8 Å². The summed E-state index contributed by atoms with van der Waals surface area (Å²) < 4.78 is 36.5. The first-order chi connectivity index (χ1) is 12.5. The number of Topliss-reactive ketones (excluding diaryl/α,β-unsaturated/α-hetero) is 1. The van der Waals surface area contributed by atoms with Crippen LogP contribution < -0.4 is 5.73 Å². The molecule has 0 saturated carbocycles. The van der Waals surface area contributed by atoms with Crippen LogP contribution in [0.25, 0.3) is 11.2 Å². The molecule has 1 saturated heterocycles. The topological polar surface area (TPSA) is 229 Å². The zero-order valence-corrected chi connectivity index (χ0v) is 14.9. The molecular formula is C10H13N5O10P2. The fourth-order valence-corrected chi connectivity index (χ4v) is 3.94. The van der Waals surface area contributed by atoms with Gasteiger partial charge in [-0.3, -0.25) is 13.9 Å². The van der Waals surface area contributed by atoms with Gasteiger partial charge in [-0.1, -0.05) is 0 Å². The van der Waals surface area contributed by atoms with Crippen LogP contribution in [0.15, 0.2) is 12.7 Å². The van der Waals surface area contributed by atoms with Gasteiger partial charge >= 0.3 is 15.6 Å². The van der Waals surface area contributed by atoms with Crippen molar-refractivity contribution in [3.63, 3.8) is 0 Å². The number of anilines is 1. The number of carbonyl (C=O) groups is 1. The van der Waals surface area contributed by atoms with Gasteiger partial charge in [-0.25, -0.2) is 24.1 Å². The second kappa shape index (κ2) is 6.98. The van der Waals surface area contributed by atoms with Crippen molar-refractivity contribution >= 4 is 38.4 Å². The van der Waals surface area contributed by atoms with E-state index < -0.39 is 46.5 Å². The van der Waals surface area contributed by atoms with Crippen molar-refractivity contribution in [2.24, 2.45) is 0 Å². The summed E-state index contributed by atoms with van der Waals surface area (Å²) in [6, 6.07) is 0. The lowest BCUT2D eigenvalue weighted by atomic mass is 10.2. The molecule has 1 aliphatic rings. The number of aromatic nitrogens is 4. The standard InChI is InChI=1S/C10H13N5O10P2/c11-8-5-9(13-2-12-8)15(3-14-5)10-7(17)6(16)4(24-10)1-23-27(21,22)25-26(18,19)20/h2-4,7,10,17H,1H2,(H,21,22)(H2,11,12,13)(H2,18,19,20)/t4-,7+,10-/m1/s1. The van der Waals surface area contributed by atoms with Crippen molar-refractivity contribution in [2.45, 2.75) is 18.4 Å². The number of phosphoric ester groups is 1. The summed E-state index contributed by atoms with van der Waals surface area (Å²) in [6.07, 6.45) is -2.18. The van der Waals surface area contributed by atoms with Gasteiger partial charge in [0.05, 0.1) is 12.9 Å². The molecule has 1 unspecified atom stereocenters. The summed E-state index contributed by atoms with van der Waals surface area (Å²) in [5, 5.41) is 10.1. The van der Waals surface area contributed by atoms with Crippen molar-refractivity contribution in [1.29, 1.82) is 0 Å². The van der Waals surface area contributed by atoms with Gasteiger partial charge in [0.25, 0.3) is 0 Å². The fraction of sp³-hybridized carbons (Fsp3) is 0.400. The number of aliphatic hydroxyl groups is 1. The highest BCUT2D eigenvalue weighted by atomic mass is 31.3. The highest BCUT2D eigenvalue weighted by Crippen LogP contribution is 2.57. The third-order valence-corrected chi connectivity index (χ3v) is 5.59. The molecule has 2 aromatic rings. The molecule has 0 aromatic carbocycles. The number of ketones is 1. The zero-order valence-electron chi connectivity index (χ0n) is 13.1. The molecular weight excluding hydrogens is 412 g/mol. The Labute approximate surface area is 149 Å². The Bertz CT molecular complexity index is 974. The molecule has 27 heavy (non-hydrogen) atoms. The van der Waals surface area contributed by atoms with Gasteiger partial charge in [-0.2, -0.15) is 4.31 Å². The molecule has 15 nitrogen and oxygen atoms in total. The van der Waals surface area contributed by atoms with Crippen LogP contribution in [0.3, 0.4) is 0 Å². The van der Waals surface area contributed by atoms with Gasteiger partial charge in [-0.15, -0.1) is 0 Å². The minimum atomic E-state index is -5.31. The highest BCUT2D eigenvalue weighted by molar-refractivity contribution is 7.60. The number of fused-ring (bicyclic) bond motifs is 1. The van der Waals surface area contributed by atoms with E-state index in [0.29, 0.717) is 0 Å². The smallest absolute Gasteiger partial charge is 0.382 e. The van der Waals surface area contributed by atoms with E-state index in [1.807, 2.05) is 0 Å². The first-order valence-corrected chi connectivity index (χ1v) is 10.1.